The lowest BCUT2D eigenvalue weighted by Crippen LogP contribution is -2.37. The molecule has 1 unspecified atom stereocenters. The van der Waals surface area contributed by atoms with Crippen LogP contribution in [0.1, 0.15) is 18.5 Å². The highest BCUT2D eigenvalue weighted by Gasteiger charge is 2.18. The Morgan fingerprint density at radius 2 is 2.17 bits per heavy atom. The molecule has 0 aliphatic heterocycles. The van der Waals surface area contributed by atoms with Gasteiger partial charge in [0.1, 0.15) is 0 Å². The number of aliphatic carboxylic acids is 1. The highest BCUT2D eigenvalue weighted by atomic mass is 16.4. The molecule has 0 amide bonds. The molecule has 1 aromatic rings. The van der Waals surface area contributed by atoms with Gasteiger partial charge in [-0.05, 0) is 32.6 Å². The fourth-order valence-electron chi connectivity index (χ4n) is 1.75. The summed E-state index contributed by atoms with van der Waals surface area (Å²) in [6, 6.07) is 3.90. The number of hydrogen-bond donors (Lipinski definition) is 1. The van der Waals surface area contributed by atoms with E-state index in [9.17, 15) is 4.79 Å². The highest BCUT2D eigenvalue weighted by Crippen LogP contribution is 2.18. The summed E-state index contributed by atoms with van der Waals surface area (Å²) in [7, 11) is 3.96. The van der Waals surface area contributed by atoms with Crippen LogP contribution in [0, 0.1) is 0 Å². The first-order chi connectivity index (χ1) is 8.50. The lowest BCUT2D eigenvalue weighted by Gasteiger charge is -2.28. The fraction of sp³-hybridized carbons (Fsp3) is 0.538. The van der Waals surface area contributed by atoms with Crippen LogP contribution in [-0.2, 0) is 4.79 Å². The van der Waals surface area contributed by atoms with Gasteiger partial charge in [0, 0.05) is 31.5 Å². The number of carbonyl (C=O) groups is 1. The molecule has 18 heavy (non-hydrogen) atoms. The monoisotopic (exact) mass is 251 g/mol. The second-order valence-electron chi connectivity index (χ2n) is 4.63. The number of nitrogens with zero attached hydrogens (tertiary/aromatic N) is 3. The van der Waals surface area contributed by atoms with E-state index in [4.69, 9.17) is 5.11 Å². The summed E-state index contributed by atoms with van der Waals surface area (Å²) in [5, 5.41) is 8.97. The van der Waals surface area contributed by atoms with Gasteiger partial charge >= 0.3 is 5.97 Å². The molecule has 0 aliphatic carbocycles. The van der Waals surface area contributed by atoms with Crippen LogP contribution < -0.4 is 0 Å². The lowest BCUT2D eigenvalue weighted by molar-refractivity contribution is -0.138. The second-order valence-corrected chi connectivity index (χ2v) is 4.63. The van der Waals surface area contributed by atoms with Gasteiger partial charge in [-0.2, -0.15) is 0 Å². The number of rotatable bonds is 7. The number of carboxylic acid groups (broad SMARTS) is 1. The molecule has 0 saturated heterocycles. The summed E-state index contributed by atoms with van der Waals surface area (Å²) >= 11 is 0. The minimum atomic E-state index is -0.801. The van der Waals surface area contributed by atoms with Crippen LogP contribution in [0.15, 0.2) is 24.5 Å². The Labute approximate surface area is 108 Å². The number of likely N-dealkylation sites (N-methyl/N-ethyl adjacent to an activating group) is 1. The Bertz CT molecular complexity index is 368. The molecule has 0 aliphatic rings. The average molecular weight is 251 g/mol. The fourth-order valence-corrected chi connectivity index (χ4v) is 1.75. The molecule has 1 rings (SSSR count). The van der Waals surface area contributed by atoms with Crippen molar-refractivity contribution in [1.82, 2.24) is 14.8 Å². The van der Waals surface area contributed by atoms with Gasteiger partial charge in [0.15, 0.2) is 0 Å². The zero-order chi connectivity index (χ0) is 13.5. The van der Waals surface area contributed by atoms with E-state index in [1.807, 2.05) is 43.0 Å². The number of pyridine rings is 1. The maximum atomic E-state index is 10.9. The van der Waals surface area contributed by atoms with Crippen molar-refractivity contribution in [3.8, 4) is 0 Å². The van der Waals surface area contributed by atoms with E-state index >= 15 is 0 Å². The van der Waals surface area contributed by atoms with Crippen LogP contribution in [0.5, 0.6) is 0 Å². The molecular formula is C13H21N3O2. The van der Waals surface area contributed by atoms with E-state index in [-0.39, 0.29) is 12.6 Å². The Balaban J connectivity index is 2.72. The van der Waals surface area contributed by atoms with Crippen molar-refractivity contribution in [1.29, 1.82) is 0 Å². The normalized spacial score (nSPS) is 12.9. The zero-order valence-corrected chi connectivity index (χ0v) is 11.2. The summed E-state index contributed by atoms with van der Waals surface area (Å²) < 4.78 is 0. The Morgan fingerprint density at radius 1 is 1.44 bits per heavy atom. The second kappa shape index (κ2) is 7.08. The van der Waals surface area contributed by atoms with Crippen LogP contribution in [-0.4, -0.2) is 59.6 Å². The van der Waals surface area contributed by atoms with E-state index < -0.39 is 5.97 Å². The van der Waals surface area contributed by atoms with Crippen LogP contribution in [0.2, 0.25) is 0 Å². The molecule has 1 N–H and O–H groups in total. The summed E-state index contributed by atoms with van der Waals surface area (Å²) in [5.74, 6) is -0.801. The predicted molar refractivity (Wildman–Crippen MR) is 70.4 cm³/mol. The number of aromatic nitrogens is 1. The first-order valence-corrected chi connectivity index (χ1v) is 6.01. The largest absolute Gasteiger partial charge is 0.480 e. The third-order valence-electron chi connectivity index (χ3n) is 2.89. The Hall–Kier alpha value is -1.46. The lowest BCUT2D eigenvalue weighted by atomic mass is 10.1. The van der Waals surface area contributed by atoms with Crippen LogP contribution in [0.25, 0.3) is 0 Å². The summed E-state index contributed by atoms with van der Waals surface area (Å²) in [6.45, 7) is 3.60. The van der Waals surface area contributed by atoms with Gasteiger partial charge in [-0.25, -0.2) is 0 Å². The van der Waals surface area contributed by atoms with Crippen molar-refractivity contribution in [3.63, 3.8) is 0 Å². The smallest absolute Gasteiger partial charge is 0.317 e. The molecule has 0 bridgehead atoms. The van der Waals surface area contributed by atoms with Crippen LogP contribution in [0.4, 0.5) is 0 Å². The minimum absolute atomic E-state index is 0.0455. The van der Waals surface area contributed by atoms with E-state index in [1.165, 1.54) is 0 Å². The van der Waals surface area contributed by atoms with Crippen molar-refractivity contribution >= 4 is 5.97 Å². The van der Waals surface area contributed by atoms with Crippen molar-refractivity contribution in [2.75, 3.05) is 33.7 Å². The zero-order valence-electron chi connectivity index (χ0n) is 11.2. The number of carboxylic acids is 1. The predicted octanol–water partition coefficient (Wildman–Crippen LogP) is 1.09. The molecule has 0 aromatic carbocycles. The van der Waals surface area contributed by atoms with Crippen molar-refractivity contribution in [3.05, 3.63) is 30.1 Å². The Kier molecular flexibility index (Phi) is 5.74. The molecule has 0 saturated carbocycles. The molecule has 100 valence electrons. The SMILES string of the molecule is CC(c1cccnc1)N(CCN(C)C)CC(=O)O. The van der Waals surface area contributed by atoms with Crippen molar-refractivity contribution < 1.29 is 9.90 Å². The molecule has 0 spiro atoms. The maximum absolute atomic E-state index is 10.9. The van der Waals surface area contributed by atoms with Gasteiger partial charge in [0.2, 0.25) is 0 Å². The van der Waals surface area contributed by atoms with Crippen LogP contribution >= 0.6 is 0 Å². The Morgan fingerprint density at radius 3 is 2.67 bits per heavy atom. The number of hydrogen-bond acceptors (Lipinski definition) is 4. The van der Waals surface area contributed by atoms with Gasteiger partial charge in [-0.3, -0.25) is 14.7 Å². The molecule has 1 atom stereocenters. The average Bonchev–Trinajstić information content (AvgIpc) is 2.34. The van der Waals surface area contributed by atoms with Crippen molar-refractivity contribution in [2.45, 2.75) is 13.0 Å². The molecule has 5 nitrogen and oxygen atoms in total. The summed E-state index contributed by atoms with van der Waals surface area (Å²) in [5.41, 5.74) is 1.04. The first-order valence-electron chi connectivity index (χ1n) is 6.01. The van der Waals surface area contributed by atoms with Gasteiger partial charge in [0.25, 0.3) is 0 Å². The molecule has 1 aromatic heterocycles. The van der Waals surface area contributed by atoms with E-state index in [0.29, 0.717) is 0 Å². The molecule has 0 radical (unpaired) electrons. The molecular weight excluding hydrogens is 230 g/mol. The molecule has 5 heteroatoms. The first kappa shape index (κ1) is 14.6. The third kappa shape index (κ3) is 4.81. The van der Waals surface area contributed by atoms with Crippen LogP contribution in [0.3, 0.4) is 0 Å². The van der Waals surface area contributed by atoms with Crippen molar-refractivity contribution in [2.24, 2.45) is 0 Å². The summed E-state index contributed by atoms with van der Waals surface area (Å²) in [4.78, 5) is 19.0. The van der Waals surface area contributed by atoms with Gasteiger partial charge in [-0.1, -0.05) is 6.07 Å². The maximum Gasteiger partial charge on any atom is 0.317 e. The third-order valence-corrected chi connectivity index (χ3v) is 2.89. The van der Waals surface area contributed by atoms with E-state index in [2.05, 4.69) is 4.98 Å². The van der Waals surface area contributed by atoms with E-state index in [1.54, 1.807) is 12.4 Å². The van der Waals surface area contributed by atoms with Gasteiger partial charge in [0.05, 0.1) is 6.54 Å². The summed E-state index contributed by atoms with van der Waals surface area (Å²) in [6.07, 6.45) is 3.51. The molecule has 0 fully saturated rings. The highest BCUT2D eigenvalue weighted by molar-refractivity contribution is 5.69. The van der Waals surface area contributed by atoms with E-state index in [0.717, 1.165) is 18.7 Å². The minimum Gasteiger partial charge on any atom is -0.480 e. The molecule has 1 heterocycles. The van der Waals surface area contributed by atoms with Gasteiger partial charge < -0.3 is 10.0 Å². The topological polar surface area (TPSA) is 56.7 Å². The van der Waals surface area contributed by atoms with Gasteiger partial charge in [-0.15, -0.1) is 0 Å². The quantitative estimate of drug-likeness (QED) is 0.786. The standard InChI is InChI=1S/C13H21N3O2/c1-11(12-5-4-6-14-9-12)16(10-13(17)18)8-7-15(2)3/h4-6,9,11H,7-8,10H2,1-3H3,(H,17,18).